The normalized spacial score (nSPS) is 34.1. The van der Waals surface area contributed by atoms with E-state index in [1.54, 1.807) is 0 Å². The molecule has 5 fully saturated rings. The summed E-state index contributed by atoms with van der Waals surface area (Å²) in [7, 11) is -43.5. The molecule has 5 aliphatic rings. The van der Waals surface area contributed by atoms with Crippen molar-refractivity contribution in [2.75, 3.05) is 0 Å². The second kappa shape index (κ2) is 20.8. The van der Waals surface area contributed by atoms with Gasteiger partial charge in [0.1, 0.15) is 21.0 Å². The van der Waals surface area contributed by atoms with Crippen molar-refractivity contribution in [2.24, 2.45) is 0 Å². The second-order valence-electron chi connectivity index (χ2n) is 22.7. The van der Waals surface area contributed by atoms with Crippen molar-refractivity contribution in [3.63, 3.8) is 0 Å². The van der Waals surface area contributed by atoms with Gasteiger partial charge in [-0.2, -0.15) is 0 Å². The van der Waals surface area contributed by atoms with Crippen LogP contribution in [0, 0.1) is 0 Å². The molecule has 0 radical (unpaired) electrons. The van der Waals surface area contributed by atoms with Crippen LogP contribution < -0.4 is 41.5 Å². The van der Waals surface area contributed by atoms with Gasteiger partial charge in [-0.15, -0.1) is 0 Å². The van der Waals surface area contributed by atoms with Gasteiger partial charge in [-0.1, -0.05) is 243 Å². The van der Waals surface area contributed by atoms with Crippen molar-refractivity contribution in [1.82, 2.24) is 0 Å². The molecular weight excluding hydrogens is 1230 g/mol. The van der Waals surface area contributed by atoms with Crippen molar-refractivity contribution in [3.05, 3.63) is 243 Å². The van der Waals surface area contributed by atoms with E-state index in [9.17, 15) is 0 Å². The Balaban J connectivity index is 1.32. The van der Waals surface area contributed by atoms with Gasteiger partial charge in [0.05, 0.1) is 0 Å². The topological polar surface area (TPSA) is 129 Å². The summed E-state index contributed by atoms with van der Waals surface area (Å²) in [5.74, 6) is 0. The summed E-state index contributed by atoms with van der Waals surface area (Å²) in [5.41, 5.74) is 0. The lowest BCUT2D eigenvalue weighted by molar-refractivity contribution is -0.179. The van der Waals surface area contributed by atoms with Crippen molar-refractivity contribution < 1.29 is 58.9 Å². The molecule has 5 saturated heterocycles. The minimum Gasteiger partial charge on any atom is -0.422 e. The first-order valence-corrected chi connectivity index (χ1v) is 50.0. The lowest BCUT2D eigenvalue weighted by Gasteiger charge is -2.76. The van der Waals surface area contributed by atoms with Gasteiger partial charge < -0.3 is 58.9 Å². The van der Waals surface area contributed by atoms with Gasteiger partial charge in [0.15, 0.2) is 16.6 Å². The highest BCUT2D eigenvalue weighted by atomic mass is 28.6. The molecule has 420 valence electrons. The van der Waals surface area contributed by atoms with E-state index in [-0.39, 0.29) is 21.0 Å². The summed E-state index contributed by atoms with van der Waals surface area (Å²) in [6, 6.07) is 80.1. The third kappa shape index (κ3) is 8.62. The zero-order valence-electron chi connectivity index (χ0n) is 46.8. The molecule has 10 atom stereocenters. The maximum Gasteiger partial charge on any atom is 0.524 e. The van der Waals surface area contributed by atoms with Crippen LogP contribution in [0.25, 0.3) is 0 Å². The standard InChI is InChI=1S/C56H64O14Si12/c1-73(2,3)63-78(50-37-21-10-22-38-50)58-56-60-80(68-78,52-41-25-12-26-42-52)69-81(62-72,53-43-27-13-28-44-53)65-75(56,47-31-15-7-16-32-47)55-57-77(61-71,49-35-19-9-20-36-49)67-79(59-55,51-39-23-11-24-40-51)70-82(64-74(4,5)6,54-45-29-14-30-46-54)66-76(55,56)48-33-17-8-18-34-48/h7-46H,1-6,71-72H3. The molecule has 4 bridgehead atoms. The molecule has 2 spiro atoms. The summed E-state index contributed by atoms with van der Waals surface area (Å²) < 4.78 is 116. The Morgan fingerprint density at radius 3 is 0.878 bits per heavy atom. The van der Waals surface area contributed by atoms with Gasteiger partial charge in [0.2, 0.25) is 10.1 Å². The Morgan fingerprint density at radius 1 is 0.280 bits per heavy atom. The third-order valence-corrected chi connectivity index (χ3v) is 60.8. The van der Waals surface area contributed by atoms with Crippen LogP contribution in [0.2, 0.25) is 39.3 Å². The predicted octanol–water partition coefficient (Wildman–Crippen LogP) is 2.85. The largest absolute Gasteiger partial charge is 0.524 e. The van der Waals surface area contributed by atoms with Gasteiger partial charge in [0, 0.05) is 31.1 Å². The van der Waals surface area contributed by atoms with Crippen LogP contribution in [0.1, 0.15) is 0 Å². The van der Waals surface area contributed by atoms with Gasteiger partial charge in [0.25, 0.3) is 0 Å². The quantitative estimate of drug-likeness (QED) is 0.148. The Kier molecular flexibility index (Phi) is 14.4. The molecule has 26 heteroatoms. The zero-order valence-corrected chi connectivity index (χ0v) is 60.8. The number of fused-ring (bicyclic) bond motifs is 2. The minimum absolute atomic E-state index is 0.129. The first-order chi connectivity index (χ1) is 39.4. The van der Waals surface area contributed by atoms with E-state index < -0.39 is 96.2 Å². The van der Waals surface area contributed by atoms with Crippen LogP contribution in [-0.4, -0.2) is 117 Å². The molecule has 13 rings (SSSR count). The molecule has 82 heavy (non-hydrogen) atoms. The van der Waals surface area contributed by atoms with Crippen LogP contribution in [0.15, 0.2) is 243 Å². The van der Waals surface area contributed by atoms with E-state index in [1.165, 1.54) is 0 Å². The number of hydrogen-bond donors (Lipinski definition) is 0. The molecule has 5 aliphatic heterocycles. The van der Waals surface area contributed by atoms with Crippen molar-refractivity contribution in [3.8, 4) is 0 Å². The predicted molar refractivity (Wildman–Crippen MR) is 342 cm³/mol. The molecule has 0 aromatic heterocycles. The Morgan fingerprint density at radius 2 is 0.524 bits per heavy atom. The zero-order chi connectivity index (χ0) is 56.8. The monoisotopic (exact) mass is 1300 g/mol. The Labute approximate surface area is 495 Å². The molecule has 0 aliphatic carbocycles. The fourth-order valence-electron chi connectivity index (χ4n) is 12.1. The maximum absolute atomic E-state index is 8.98. The van der Waals surface area contributed by atoms with Crippen molar-refractivity contribution >= 4 is 149 Å². The van der Waals surface area contributed by atoms with Gasteiger partial charge in [-0.05, 0) is 49.7 Å². The molecule has 14 nitrogen and oxygen atoms in total. The lowest BCUT2D eigenvalue weighted by Crippen LogP contribution is -3.14. The van der Waals surface area contributed by atoms with Crippen LogP contribution in [0.5, 0.6) is 0 Å². The Bertz CT molecular complexity index is 3570. The van der Waals surface area contributed by atoms with Gasteiger partial charge in [-0.25, -0.2) is 0 Å². The highest BCUT2D eigenvalue weighted by molar-refractivity contribution is 7.30. The van der Waals surface area contributed by atoms with Gasteiger partial charge >= 0.3 is 69.5 Å². The molecule has 8 aromatic carbocycles. The first kappa shape index (κ1) is 56.9. The Hall–Kier alpha value is -4.20. The summed E-state index contributed by atoms with van der Waals surface area (Å²) in [6.07, 6.45) is 0. The fraction of sp³-hybridized carbons (Fsp3) is 0.143. The van der Waals surface area contributed by atoms with E-state index >= 15 is 0 Å². The SMILES string of the molecule is C[Si](C)(C)O[Si]1(c2ccccc2)OC23O[Si](c4ccccc4)(O1)O[Si](O[SiH3])(c1ccccc1)O[Si]2(c1ccccc1)C12O[Si](O[SiH3])(c4ccccc4)O[Si](c4ccccc4)(O1)O[Si](O[Si](C)(C)C)(c1ccccc1)O[Si]32c1ccccc1. The average Bonchev–Trinajstić information content (AvgIpc) is 1.09. The number of hydrogen-bond acceptors (Lipinski definition) is 14. The molecular formula is C56H64O14Si12. The summed E-state index contributed by atoms with van der Waals surface area (Å²) >= 11 is 0. The smallest absolute Gasteiger partial charge is 0.422 e. The summed E-state index contributed by atoms with van der Waals surface area (Å²) in [4.78, 5) is 0. The maximum atomic E-state index is 8.98. The molecule has 0 saturated carbocycles. The molecule has 8 aromatic rings. The fourth-order valence-corrected chi connectivity index (χ4v) is 72.7. The highest BCUT2D eigenvalue weighted by Crippen LogP contribution is 2.69. The van der Waals surface area contributed by atoms with Crippen LogP contribution in [0.3, 0.4) is 0 Å². The molecule has 5 heterocycles. The number of benzene rings is 8. The van der Waals surface area contributed by atoms with E-state index in [1.807, 2.05) is 218 Å². The van der Waals surface area contributed by atoms with Crippen LogP contribution in [-0.2, 0) is 58.9 Å². The summed E-state index contributed by atoms with van der Waals surface area (Å²) in [5, 5.41) is 1.15. The molecule has 0 amide bonds. The van der Waals surface area contributed by atoms with E-state index in [4.69, 9.17) is 58.9 Å². The third-order valence-electron chi connectivity index (χ3n) is 15.2. The first-order valence-electron chi connectivity index (χ1n) is 27.4. The number of rotatable bonds is 14. The second-order valence-corrected chi connectivity index (χ2v) is 59.4. The van der Waals surface area contributed by atoms with Gasteiger partial charge in [-0.3, -0.25) is 0 Å². The van der Waals surface area contributed by atoms with E-state index in [0.29, 0.717) is 41.5 Å². The van der Waals surface area contributed by atoms with Crippen LogP contribution in [0.4, 0.5) is 0 Å². The average molecular weight is 1300 g/mol. The van der Waals surface area contributed by atoms with E-state index in [0.717, 1.165) is 0 Å². The lowest BCUT2D eigenvalue weighted by atomic mass is 10.4. The minimum atomic E-state index is -5.08. The van der Waals surface area contributed by atoms with Crippen molar-refractivity contribution in [1.29, 1.82) is 0 Å². The van der Waals surface area contributed by atoms with Crippen molar-refractivity contribution in [2.45, 2.75) is 49.3 Å². The summed E-state index contributed by atoms with van der Waals surface area (Å²) in [6.45, 7) is 12.9. The van der Waals surface area contributed by atoms with Crippen LogP contribution >= 0.6 is 0 Å². The molecule has 0 N–H and O–H groups in total. The highest BCUT2D eigenvalue weighted by Gasteiger charge is 3.08. The van der Waals surface area contributed by atoms with E-state index in [2.05, 4.69) is 63.5 Å². The molecule has 10 unspecified atom stereocenters.